The van der Waals surface area contributed by atoms with Crippen LogP contribution < -0.4 is 11.1 Å². The SMILES string of the molecule is CCC1(CNc2ccc(C(N)=S)c(F)c2F)CCC1. The summed E-state index contributed by atoms with van der Waals surface area (Å²) in [5, 5.41) is 3.01. The van der Waals surface area contributed by atoms with Crippen LogP contribution in [0.25, 0.3) is 0 Å². The monoisotopic (exact) mass is 284 g/mol. The van der Waals surface area contributed by atoms with Gasteiger partial charge < -0.3 is 11.1 Å². The number of thiocarbonyl (C=S) groups is 1. The molecule has 3 N–H and O–H groups in total. The predicted molar refractivity (Wildman–Crippen MR) is 77.3 cm³/mol. The fourth-order valence-corrected chi connectivity index (χ4v) is 2.65. The second kappa shape index (κ2) is 5.41. The van der Waals surface area contributed by atoms with E-state index in [1.807, 2.05) is 0 Å². The van der Waals surface area contributed by atoms with E-state index < -0.39 is 11.6 Å². The minimum Gasteiger partial charge on any atom is -0.389 e. The highest BCUT2D eigenvalue weighted by Crippen LogP contribution is 2.43. The molecular weight excluding hydrogens is 266 g/mol. The summed E-state index contributed by atoms with van der Waals surface area (Å²) in [6.07, 6.45) is 4.55. The van der Waals surface area contributed by atoms with Crippen LogP contribution in [0.3, 0.4) is 0 Å². The molecule has 1 aliphatic carbocycles. The van der Waals surface area contributed by atoms with E-state index in [0.29, 0.717) is 6.54 Å². The van der Waals surface area contributed by atoms with Crippen LogP contribution >= 0.6 is 12.2 Å². The molecule has 0 bridgehead atoms. The number of nitrogens with one attached hydrogen (secondary N) is 1. The average Bonchev–Trinajstić information content (AvgIpc) is 2.33. The number of halogens is 2. The topological polar surface area (TPSA) is 38.0 Å². The molecule has 1 aromatic rings. The second-order valence-electron chi connectivity index (χ2n) is 5.21. The maximum atomic E-state index is 13.9. The number of hydrogen-bond donors (Lipinski definition) is 2. The Morgan fingerprint density at radius 2 is 2.05 bits per heavy atom. The number of benzene rings is 1. The molecule has 1 aromatic carbocycles. The number of anilines is 1. The highest BCUT2D eigenvalue weighted by molar-refractivity contribution is 7.80. The molecule has 19 heavy (non-hydrogen) atoms. The van der Waals surface area contributed by atoms with Gasteiger partial charge in [-0.05, 0) is 36.8 Å². The molecule has 1 aliphatic rings. The standard InChI is InChI=1S/C14H18F2N2S/c1-2-14(6-3-7-14)8-18-10-5-4-9(13(17)19)11(15)12(10)16/h4-5,18H,2-3,6-8H2,1H3,(H2,17,19). The normalized spacial score (nSPS) is 16.8. The van der Waals surface area contributed by atoms with Gasteiger partial charge in [0.15, 0.2) is 11.6 Å². The minimum atomic E-state index is -0.975. The summed E-state index contributed by atoms with van der Waals surface area (Å²) in [6, 6.07) is 2.91. The van der Waals surface area contributed by atoms with E-state index in [1.54, 1.807) is 0 Å². The number of rotatable bonds is 5. The highest BCUT2D eigenvalue weighted by Gasteiger charge is 2.34. The lowest BCUT2D eigenvalue weighted by atomic mass is 9.67. The van der Waals surface area contributed by atoms with E-state index in [0.717, 1.165) is 19.3 Å². The summed E-state index contributed by atoms with van der Waals surface area (Å²) in [5.74, 6) is -1.88. The molecule has 0 atom stereocenters. The second-order valence-corrected chi connectivity index (χ2v) is 5.65. The van der Waals surface area contributed by atoms with Crippen LogP contribution in [0.2, 0.25) is 0 Å². The minimum absolute atomic E-state index is 0.0492. The van der Waals surface area contributed by atoms with Gasteiger partial charge in [0, 0.05) is 12.1 Å². The highest BCUT2D eigenvalue weighted by atomic mass is 32.1. The van der Waals surface area contributed by atoms with Crippen molar-refractivity contribution in [3.63, 3.8) is 0 Å². The number of hydrogen-bond acceptors (Lipinski definition) is 2. The lowest BCUT2D eigenvalue weighted by Crippen LogP contribution is -2.36. The molecule has 5 heteroatoms. The lowest BCUT2D eigenvalue weighted by molar-refractivity contribution is 0.145. The van der Waals surface area contributed by atoms with E-state index in [1.165, 1.54) is 18.6 Å². The van der Waals surface area contributed by atoms with Crippen LogP contribution in [0.1, 0.15) is 38.2 Å². The molecule has 0 saturated heterocycles. The Hall–Kier alpha value is -1.23. The zero-order chi connectivity index (χ0) is 14.0. The molecule has 0 amide bonds. The third-order valence-corrected chi connectivity index (χ3v) is 4.39. The first-order valence-electron chi connectivity index (χ1n) is 6.51. The summed E-state index contributed by atoms with van der Waals surface area (Å²) in [6.45, 7) is 2.81. The zero-order valence-electron chi connectivity index (χ0n) is 10.9. The maximum absolute atomic E-state index is 13.9. The first-order valence-corrected chi connectivity index (χ1v) is 6.91. The molecule has 2 nitrogen and oxygen atoms in total. The van der Waals surface area contributed by atoms with Crippen LogP contribution in [0, 0.1) is 17.0 Å². The summed E-state index contributed by atoms with van der Waals surface area (Å²) in [4.78, 5) is -0.132. The Kier molecular flexibility index (Phi) is 4.04. The van der Waals surface area contributed by atoms with Crippen molar-refractivity contribution in [2.45, 2.75) is 32.6 Å². The van der Waals surface area contributed by atoms with Crippen molar-refractivity contribution in [1.29, 1.82) is 0 Å². The lowest BCUT2D eigenvalue weighted by Gasteiger charge is -2.41. The first-order chi connectivity index (χ1) is 8.99. The molecule has 1 fully saturated rings. The van der Waals surface area contributed by atoms with Crippen molar-refractivity contribution in [3.05, 3.63) is 29.3 Å². The molecule has 1 saturated carbocycles. The van der Waals surface area contributed by atoms with Gasteiger partial charge in [-0.15, -0.1) is 0 Å². The molecule has 0 radical (unpaired) electrons. The number of nitrogens with two attached hydrogens (primary N) is 1. The largest absolute Gasteiger partial charge is 0.389 e. The fourth-order valence-electron chi connectivity index (χ4n) is 2.49. The summed E-state index contributed by atoms with van der Waals surface area (Å²) < 4.78 is 27.6. The first kappa shape index (κ1) is 14.2. The summed E-state index contributed by atoms with van der Waals surface area (Å²) in [7, 11) is 0. The van der Waals surface area contributed by atoms with E-state index in [2.05, 4.69) is 24.5 Å². The molecular formula is C14H18F2N2S. The molecule has 104 valence electrons. The van der Waals surface area contributed by atoms with Gasteiger partial charge in [-0.25, -0.2) is 8.78 Å². The third kappa shape index (κ3) is 2.71. The average molecular weight is 284 g/mol. The van der Waals surface area contributed by atoms with Gasteiger partial charge in [0.1, 0.15) is 4.99 Å². The Morgan fingerprint density at radius 3 is 2.53 bits per heavy atom. The van der Waals surface area contributed by atoms with Crippen LogP contribution in [0.15, 0.2) is 12.1 Å². The molecule has 0 spiro atoms. The predicted octanol–water partition coefficient (Wildman–Crippen LogP) is 3.59. The molecule has 0 unspecified atom stereocenters. The Bertz CT molecular complexity index is 493. The molecule has 0 aromatic heterocycles. The third-order valence-electron chi connectivity index (χ3n) is 4.17. The molecule has 0 aliphatic heterocycles. The van der Waals surface area contributed by atoms with Gasteiger partial charge in [0.2, 0.25) is 0 Å². The van der Waals surface area contributed by atoms with E-state index in [-0.39, 0.29) is 21.7 Å². The Balaban J connectivity index is 2.13. The summed E-state index contributed by atoms with van der Waals surface area (Å²) >= 11 is 4.67. The van der Waals surface area contributed by atoms with Crippen molar-refractivity contribution in [3.8, 4) is 0 Å². The zero-order valence-corrected chi connectivity index (χ0v) is 11.7. The van der Waals surface area contributed by atoms with Crippen LogP contribution in [-0.4, -0.2) is 11.5 Å². The fraction of sp³-hybridized carbons (Fsp3) is 0.500. The van der Waals surface area contributed by atoms with Crippen molar-refractivity contribution in [2.24, 2.45) is 11.1 Å². The van der Waals surface area contributed by atoms with Gasteiger partial charge in [-0.3, -0.25) is 0 Å². The Labute approximate surface area is 117 Å². The molecule has 2 rings (SSSR count). The summed E-state index contributed by atoms with van der Waals surface area (Å²) in [5.41, 5.74) is 5.70. The van der Waals surface area contributed by atoms with E-state index in [4.69, 9.17) is 5.73 Å². The van der Waals surface area contributed by atoms with Gasteiger partial charge >= 0.3 is 0 Å². The quantitative estimate of drug-likeness (QED) is 0.811. The van der Waals surface area contributed by atoms with Crippen molar-refractivity contribution in [1.82, 2.24) is 0 Å². The van der Waals surface area contributed by atoms with Crippen molar-refractivity contribution < 1.29 is 8.78 Å². The van der Waals surface area contributed by atoms with Gasteiger partial charge in [-0.2, -0.15) is 0 Å². The van der Waals surface area contributed by atoms with Crippen LogP contribution in [-0.2, 0) is 0 Å². The molecule has 0 heterocycles. The smallest absolute Gasteiger partial charge is 0.182 e. The van der Waals surface area contributed by atoms with Crippen LogP contribution in [0.4, 0.5) is 14.5 Å². The van der Waals surface area contributed by atoms with E-state index in [9.17, 15) is 8.78 Å². The van der Waals surface area contributed by atoms with Gasteiger partial charge in [0.05, 0.1) is 5.69 Å². The van der Waals surface area contributed by atoms with Crippen molar-refractivity contribution in [2.75, 3.05) is 11.9 Å². The van der Waals surface area contributed by atoms with Crippen molar-refractivity contribution >= 4 is 22.9 Å². The van der Waals surface area contributed by atoms with Gasteiger partial charge in [-0.1, -0.05) is 25.6 Å². The van der Waals surface area contributed by atoms with E-state index >= 15 is 0 Å². The maximum Gasteiger partial charge on any atom is 0.182 e. The van der Waals surface area contributed by atoms with Crippen LogP contribution in [0.5, 0.6) is 0 Å². The Morgan fingerprint density at radius 1 is 1.37 bits per heavy atom. The van der Waals surface area contributed by atoms with Gasteiger partial charge in [0.25, 0.3) is 0 Å².